The highest BCUT2D eigenvalue weighted by atomic mass is 16.2. The zero-order chi connectivity index (χ0) is 22.8. The molecule has 3 unspecified atom stereocenters. The summed E-state index contributed by atoms with van der Waals surface area (Å²) in [6.45, 7) is 2.38. The van der Waals surface area contributed by atoms with E-state index >= 15 is 0 Å². The predicted molar refractivity (Wildman–Crippen MR) is 126 cm³/mol. The summed E-state index contributed by atoms with van der Waals surface area (Å²) in [4.78, 5) is 45.7. The Labute approximate surface area is 197 Å². The molecule has 4 fully saturated rings. The van der Waals surface area contributed by atoms with E-state index in [9.17, 15) is 14.4 Å². The molecule has 2 aliphatic heterocycles. The van der Waals surface area contributed by atoms with Crippen molar-refractivity contribution in [3.05, 3.63) is 35.9 Å². The second-order valence-corrected chi connectivity index (χ2v) is 10.5. The Balaban J connectivity index is 1.25. The molecule has 6 heteroatoms. The summed E-state index contributed by atoms with van der Waals surface area (Å²) in [6, 6.07) is 9.21. The van der Waals surface area contributed by atoms with Crippen molar-refractivity contribution < 1.29 is 14.4 Å². The minimum atomic E-state index is -0.369. The first-order valence-corrected chi connectivity index (χ1v) is 13.1. The quantitative estimate of drug-likeness (QED) is 0.701. The van der Waals surface area contributed by atoms with Gasteiger partial charge < -0.3 is 14.7 Å². The van der Waals surface area contributed by atoms with Crippen LogP contribution in [0.15, 0.2) is 30.3 Å². The summed E-state index contributed by atoms with van der Waals surface area (Å²) in [5, 5.41) is 0. The van der Waals surface area contributed by atoms with Crippen molar-refractivity contribution in [2.24, 2.45) is 11.8 Å². The molecule has 4 aliphatic rings. The van der Waals surface area contributed by atoms with Crippen LogP contribution in [0.2, 0.25) is 0 Å². The van der Waals surface area contributed by atoms with E-state index in [1.54, 1.807) is 0 Å². The summed E-state index contributed by atoms with van der Waals surface area (Å²) in [5.74, 6) is 1.30. The van der Waals surface area contributed by atoms with Gasteiger partial charge in [0.05, 0.1) is 0 Å². The van der Waals surface area contributed by atoms with E-state index in [-0.39, 0.29) is 29.8 Å². The molecule has 1 aromatic carbocycles. The van der Waals surface area contributed by atoms with Crippen molar-refractivity contribution in [1.82, 2.24) is 14.7 Å². The molecule has 2 saturated carbocycles. The average Bonchev–Trinajstić information content (AvgIpc) is 3.51. The van der Waals surface area contributed by atoms with Gasteiger partial charge in [0.25, 0.3) is 5.91 Å². The number of likely N-dealkylation sites (tertiary alicyclic amines) is 1. The smallest absolute Gasteiger partial charge is 0.254 e. The number of piperazine rings is 1. The van der Waals surface area contributed by atoms with Gasteiger partial charge in [-0.2, -0.15) is 0 Å². The van der Waals surface area contributed by atoms with Crippen molar-refractivity contribution >= 4 is 17.7 Å². The lowest BCUT2D eigenvalue weighted by Gasteiger charge is -2.39. The maximum atomic E-state index is 13.7. The first-order chi connectivity index (χ1) is 16.1. The third-order valence-corrected chi connectivity index (χ3v) is 8.51. The highest BCUT2D eigenvalue weighted by molar-refractivity contribution is 5.98. The zero-order valence-corrected chi connectivity index (χ0v) is 19.7. The normalized spacial score (nSPS) is 28.1. The maximum Gasteiger partial charge on any atom is 0.254 e. The van der Waals surface area contributed by atoms with E-state index in [0.717, 1.165) is 25.7 Å². The van der Waals surface area contributed by atoms with Crippen LogP contribution in [0.3, 0.4) is 0 Å². The topological polar surface area (TPSA) is 60.9 Å². The lowest BCUT2D eigenvalue weighted by Crippen LogP contribution is -2.56. The van der Waals surface area contributed by atoms with Crippen LogP contribution in [-0.4, -0.2) is 70.7 Å². The van der Waals surface area contributed by atoms with E-state index in [0.29, 0.717) is 50.0 Å². The first kappa shape index (κ1) is 22.4. The van der Waals surface area contributed by atoms with Crippen LogP contribution in [-0.2, 0) is 9.59 Å². The SMILES string of the molecule is O=C(CC1CCCC1)N1CCN(C(=O)C2CC3CCCCC3N2C(=O)c2ccccc2)CC1. The third kappa shape index (κ3) is 4.67. The number of hydrogen-bond donors (Lipinski definition) is 0. The maximum absolute atomic E-state index is 13.7. The Bertz CT molecular complexity index is 859. The van der Waals surface area contributed by atoms with Gasteiger partial charge in [-0.1, -0.05) is 43.9 Å². The van der Waals surface area contributed by atoms with E-state index in [4.69, 9.17) is 0 Å². The molecule has 0 radical (unpaired) electrons. The fourth-order valence-corrected chi connectivity index (χ4v) is 6.68. The number of amides is 3. The largest absolute Gasteiger partial charge is 0.339 e. The zero-order valence-electron chi connectivity index (χ0n) is 19.7. The van der Waals surface area contributed by atoms with Crippen molar-refractivity contribution in [2.45, 2.75) is 76.3 Å². The van der Waals surface area contributed by atoms with Crippen LogP contribution >= 0.6 is 0 Å². The first-order valence-electron chi connectivity index (χ1n) is 13.1. The fraction of sp³-hybridized carbons (Fsp3) is 0.667. The molecule has 3 amide bonds. The molecule has 6 nitrogen and oxygen atoms in total. The Kier molecular flexibility index (Phi) is 6.70. The molecule has 0 aromatic heterocycles. The molecular weight excluding hydrogens is 414 g/mol. The van der Waals surface area contributed by atoms with Gasteiger partial charge in [-0.05, 0) is 56.1 Å². The monoisotopic (exact) mass is 451 g/mol. The summed E-state index contributed by atoms with van der Waals surface area (Å²) in [5.41, 5.74) is 0.670. The number of carbonyl (C=O) groups is 3. The Morgan fingerprint density at radius 3 is 2.15 bits per heavy atom. The molecule has 3 atom stereocenters. The van der Waals surface area contributed by atoms with Crippen LogP contribution in [0.4, 0.5) is 0 Å². The van der Waals surface area contributed by atoms with Crippen LogP contribution < -0.4 is 0 Å². The number of fused-ring (bicyclic) bond motifs is 1. The second kappa shape index (κ2) is 9.86. The molecule has 5 rings (SSSR count). The summed E-state index contributed by atoms with van der Waals surface area (Å²) < 4.78 is 0. The second-order valence-electron chi connectivity index (χ2n) is 10.5. The molecule has 2 heterocycles. The minimum absolute atomic E-state index is 0.00581. The van der Waals surface area contributed by atoms with Gasteiger partial charge in [0.15, 0.2) is 0 Å². The van der Waals surface area contributed by atoms with Gasteiger partial charge >= 0.3 is 0 Å². The van der Waals surface area contributed by atoms with Crippen molar-refractivity contribution in [1.29, 1.82) is 0 Å². The van der Waals surface area contributed by atoms with Crippen molar-refractivity contribution in [2.75, 3.05) is 26.2 Å². The van der Waals surface area contributed by atoms with E-state index in [2.05, 4.69) is 0 Å². The van der Waals surface area contributed by atoms with Gasteiger partial charge in [0.1, 0.15) is 6.04 Å². The Morgan fingerprint density at radius 1 is 0.788 bits per heavy atom. The molecule has 1 aromatic rings. The number of nitrogens with zero attached hydrogens (tertiary/aromatic N) is 3. The standard InChI is InChI=1S/C27H37N3O3/c31-25(18-20-8-4-5-9-20)28-14-16-29(17-15-28)27(33)24-19-22-12-6-7-13-23(22)30(24)26(32)21-10-2-1-3-11-21/h1-3,10-11,20,22-24H,4-9,12-19H2. The Hall–Kier alpha value is -2.37. The molecule has 0 N–H and O–H groups in total. The average molecular weight is 452 g/mol. The number of hydrogen-bond acceptors (Lipinski definition) is 3. The summed E-state index contributed by atoms with van der Waals surface area (Å²) >= 11 is 0. The Morgan fingerprint density at radius 2 is 1.42 bits per heavy atom. The third-order valence-electron chi connectivity index (χ3n) is 8.51. The lowest BCUT2D eigenvalue weighted by atomic mass is 9.84. The van der Waals surface area contributed by atoms with E-state index in [1.807, 2.05) is 45.0 Å². The van der Waals surface area contributed by atoms with Crippen LogP contribution in [0.25, 0.3) is 0 Å². The summed E-state index contributed by atoms with van der Waals surface area (Å²) in [6.07, 6.45) is 10.7. The van der Waals surface area contributed by atoms with Crippen molar-refractivity contribution in [3.8, 4) is 0 Å². The van der Waals surface area contributed by atoms with Crippen LogP contribution in [0.5, 0.6) is 0 Å². The van der Waals surface area contributed by atoms with Gasteiger partial charge in [-0.15, -0.1) is 0 Å². The van der Waals surface area contributed by atoms with E-state index < -0.39 is 0 Å². The predicted octanol–water partition coefficient (Wildman–Crippen LogP) is 3.71. The van der Waals surface area contributed by atoms with Crippen LogP contribution in [0, 0.1) is 11.8 Å². The highest BCUT2D eigenvalue weighted by Gasteiger charge is 2.48. The molecule has 33 heavy (non-hydrogen) atoms. The highest BCUT2D eigenvalue weighted by Crippen LogP contribution is 2.41. The molecule has 0 spiro atoms. The van der Waals surface area contributed by atoms with Gasteiger partial charge in [0, 0.05) is 44.2 Å². The molecule has 2 aliphatic carbocycles. The minimum Gasteiger partial charge on any atom is -0.339 e. The van der Waals surface area contributed by atoms with Gasteiger partial charge in [-0.3, -0.25) is 14.4 Å². The molecular formula is C27H37N3O3. The lowest BCUT2D eigenvalue weighted by molar-refractivity contribution is -0.142. The number of rotatable bonds is 4. The van der Waals surface area contributed by atoms with Crippen LogP contribution in [0.1, 0.15) is 74.6 Å². The number of carbonyl (C=O) groups excluding carboxylic acids is 3. The van der Waals surface area contributed by atoms with Gasteiger partial charge in [-0.25, -0.2) is 0 Å². The molecule has 2 saturated heterocycles. The number of benzene rings is 1. The summed E-state index contributed by atoms with van der Waals surface area (Å²) in [7, 11) is 0. The molecule has 0 bridgehead atoms. The van der Waals surface area contributed by atoms with E-state index in [1.165, 1.54) is 32.1 Å². The van der Waals surface area contributed by atoms with Crippen molar-refractivity contribution in [3.63, 3.8) is 0 Å². The van der Waals surface area contributed by atoms with Gasteiger partial charge in [0.2, 0.25) is 11.8 Å². The fourth-order valence-electron chi connectivity index (χ4n) is 6.68. The molecule has 178 valence electrons.